The van der Waals surface area contributed by atoms with E-state index in [0.29, 0.717) is 16.9 Å². The number of benzene rings is 3. The third-order valence-corrected chi connectivity index (χ3v) is 6.58. The molecule has 0 fully saturated rings. The van der Waals surface area contributed by atoms with E-state index in [-0.39, 0.29) is 17.4 Å². The van der Waals surface area contributed by atoms with Crippen LogP contribution in [0.2, 0.25) is 0 Å². The second-order valence-electron chi connectivity index (χ2n) is 6.70. The van der Waals surface area contributed by atoms with Gasteiger partial charge in [-0.25, -0.2) is 15.2 Å². The van der Waals surface area contributed by atoms with Gasteiger partial charge in [0.25, 0.3) is 5.91 Å². The van der Waals surface area contributed by atoms with Crippen LogP contribution in [0.1, 0.15) is 15.9 Å². The van der Waals surface area contributed by atoms with Crippen molar-refractivity contribution in [1.82, 2.24) is 10.4 Å². The molecule has 33 heavy (non-hydrogen) atoms. The number of ether oxygens (including phenoxy) is 2. The van der Waals surface area contributed by atoms with Gasteiger partial charge in [-0.1, -0.05) is 42.1 Å². The van der Waals surface area contributed by atoms with Gasteiger partial charge >= 0.3 is 5.97 Å². The maximum absolute atomic E-state index is 12.4. The Morgan fingerprint density at radius 2 is 1.85 bits per heavy atom. The number of esters is 1. The molecule has 0 aliphatic heterocycles. The summed E-state index contributed by atoms with van der Waals surface area (Å²) in [6.45, 7) is 0. The number of methoxy groups -OCH3 is 1. The van der Waals surface area contributed by atoms with Crippen LogP contribution in [0.25, 0.3) is 10.2 Å². The molecule has 0 saturated heterocycles. The predicted molar refractivity (Wildman–Crippen MR) is 130 cm³/mol. The lowest BCUT2D eigenvalue weighted by molar-refractivity contribution is -0.118. The van der Waals surface area contributed by atoms with Crippen LogP contribution in [0.15, 0.2) is 82.2 Å². The average molecular weight is 478 g/mol. The summed E-state index contributed by atoms with van der Waals surface area (Å²) in [6.07, 6.45) is 1.47. The molecule has 9 heteroatoms. The van der Waals surface area contributed by atoms with Gasteiger partial charge in [0, 0.05) is 0 Å². The maximum atomic E-state index is 12.4. The molecule has 1 aromatic heterocycles. The van der Waals surface area contributed by atoms with Crippen molar-refractivity contribution in [3.05, 3.63) is 83.9 Å². The highest BCUT2D eigenvalue weighted by Crippen LogP contribution is 2.29. The standard InChI is InChI=1S/C24H19N3O4S2/c1-30-19-12-11-16(13-20(19)31-23(29)17-7-3-2-4-8-17)14-25-27-22(28)15-32-24-26-18-9-5-6-10-21(18)33-24/h2-14H,15H2,1H3,(H,27,28)/b25-14+. The van der Waals surface area contributed by atoms with Gasteiger partial charge in [0.1, 0.15) is 0 Å². The zero-order valence-electron chi connectivity index (χ0n) is 17.6. The Balaban J connectivity index is 1.34. The first-order chi connectivity index (χ1) is 16.1. The third kappa shape index (κ3) is 5.97. The number of hydrogen-bond acceptors (Lipinski definition) is 8. The average Bonchev–Trinajstić information content (AvgIpc) is 3.27. The normalized spacial score (nSPS) is 10.9. The van der Waals surface area contributed by atoms with E-state index in [0.717, 1.165) is 14.6 Å². The highest BCUT2D eigenvalue weighted by molar-refractivity contribution is 8.01. The highest BCUT2D eigenvalue weighted by atomic mass is 32.2. The number of carbonyl (C=O) groups is 2. The van der Waals surface area contributed by atoms with E-state index in [2.05, 4.69) is 15.5 Å². The number of hydrogen-bond donors (Lipinski definition) is 1. The van der Waals surface area contributed by atoms with Gasteiger partial charge in [0.05, 0.1) is 34.9 Å². The van der Waals surface area contributed by atoms with Gasteiger partial charge < -0.3 is 9.47 Å². The van der Waals surface area contributed by atoms with Crippen LogP contribution < -0.4 is 14.9 Å². The molecule has 166 valence electrons. The first-order valence-electron chi connectivity index (χ1n) is 9.88. The number of para-hydroxylation sites is 1. The number of rotatable bonds is 8. The van der Waals surface area contributed by atoms with Crippen LogP contribution >= 0.6 is 23.1 Å². The molecule has 0 saturated carbocycles. The van der Waals surface area contributed by atoms with Gasteiger partial charge in [0.15, 0.2) is 15.8 Å². The quantitative estimate of drug-likeness (QED) is 0.129. The van der Waals surface area contributed by atoms with Crippen LogP contribution in [-0.4, -0.2) is 35.9 Å². The zero-order chi connectivity index (χ0) is 23.0. The molecule has 0 aliphatic rings. The van der Waals surface area contributed by atoms with Crippen molar-refractivity contribution >= 4 is 51.4 Å². The maximum Gasteiger partial charge on any atom is 0.343 e. The van der Waals surface area contributed by atoms with E-state index in [4.69, 9.17) is 9.47 Å². The van der Waals surface area contributed by atoms with Crippen LogP contribution in [0, 0.1) is 0 Å². The van der Waals surface area contributed by atoms with E-state index in [9.17, 15) is 9.59 Å². The Kier molecular flexibility index (Phi) is 7.33. The third-order valence-electron chi connectivity index (χ3n) is 4.40. The number of amides is 1. The molecule has 0 atom stereocenters. The summed E-state index contributed by atoms with van der Waals surface area (Å²) in [7, 11) is 1.49. The second-order valence-corrected chi connectivity index (χ2v) is 8.95. The largest absolute Gasteiger partial charge is 0.493 e. The Morgan fingerprint density at radius 1 is 1.06 bits per heavy atom. The number of fused-ring (bicyclic) bond motifs is 1. The molecule has 0 bridgehead atoms. The number of aromatic nitrogens is 1. The van der Waals surface area contributed by atoms with Gasteiger partial charge in [-0.05, 0) is 48.0 Å². The lowest BCUT2D eigenvalue weighted by atomic mass is 10.2. The molecular formula is C24H19N3O4S2. The second kappa shape index (κ2) is 10.8. The summed E-state index contributed by atoms with van der Waals surface area (Å²) in [6, 6.07) is 21.5. The summed E-state index contributed by atoms with van der Waals surface area (Å²) >= 11 is 2.91. The number of nitrogens with zero attached hydrogens (tertiary/aromatic N) is 2. The summed E-state index contributed by atoms with van der Waals surface area (Å²) < 4.78 is 12.7. The Bertz CT molecular complexity index is 1270. The van der Waals surface area contributed by atoms with Crippen molar-refractivity contribution in [3.63, 3.8) is 0 Å². The zero-order valence-corrected chi connectivity index (χ0v) is 19.2. The predicted octanol–water partition coefficient (Wildman–Crippen LogP) is 4.77. The smallest absolute Gasteiger partial charge is 0.343 e. The minimum Gasteiger partial charge on any atom is -0.493 e. The molecule has 4 rings (SSSR count). The summed E-state index contributed by atoms with van der Waals surface area (Å²) in [4.78, 5) is 29.0. The van der Waals surface area contributed by atoms with Crippen LogP contribution in [0.4, 0.5) is 0 Å². The van der Waals surface area contributed by atoms with Crippen LogP contribution in [-0.2, 0) is 4.79 Å². The number of thiazole rings is 1. The molecular weight excluding hydrogens is 458 g/mol. The van der Waals surface area contributed by atoms with Crippen molar-refractivity contribution in [2.45, 2.75) is 4.34 Å². The van der Waals surface area contributed by atoms with Crippen molar-refractivity contribution < 1.29 is 19.1 Å². The number of carbonyl (C=O) groups excluding carboxylic acids is 2. The molecule has 4 aromatic rings. The number of nitrogens with one attached hydrogen (secondary N) is 1. The molecule has 0 unspecified atom stereocenters. The molecule has 1 amide bonds. The fourth-order valence-electron chi connectivity index (χ4n) is 2.84. The van der Waals surface area contributed by atoms with E-state index < -0.39 is 5.97 Å². The Morgan fingerprint density at radius 3 is 2.64 bits per heavy atom. The minimum atomic E-state index is -0.497. The van der Waals surface area contributed by atoms with Gasteiger partial charge in [-0.15, -0.1) is 11.3 Å². The number of hydrazone groups is 1. The lowest BCUT2D eigenvalue weighted by Crippen LogP contribution is -2.19. The Hall–Kier alpha value is -3.69. The fourth-order valence-corrected chi connectivity index (χ4v) is 4.70. The molecule has 1 N–H and O–H groups in total. The first kappa shape index (κ1) is 22.5. The van der Waals surface area contributed by atoms with Crippen LogP contribution in [0.5, 0.6) is 11.5 Å². The fraction of sp³-hybridized carbons (Fsp3) is 0.0833. The summed E-state index contributed by atoms with van der Waals surface area (Å²) in [5, 5.41) is 3.99. The van der Waals surface area contributed by atoms with E-state index >= 15 is 0 Å². The van der Waals surface area contributed by atoms with Crippen molar-refractivity contribution in [2.24, 2.45) is 5.10 Å². The highest BCUT2D eigenvalue weighted by Gasteiger charge is 2.13. The van der Waals surface area contributed by atoms with E-state index in [1.165, 1.54) is 25.1 Å². The molecule has 0 spiro atoms. The van der Waals surface area contributed by atoms with Crippen molar-refractivity contribution in [2.75, 3.05) is 12.9 Å². The molecule has 3 aromatic carbocycles. The topological polar surface area (TPSA) is 89.9 Å². The molecule has 0 aliphatic carbocycles. The lowest BCUT2D eigenvalue weighted by Gasteiger charge is -2.10. The Labute approximate surface area is 198 Å². The van der Waals surface area contributed by atoms with E-state index in [1.54, 1.807) is 53.8 Å². The first-order valence-corrected chi connectivity index (χ1v) is 11.7. The van der Waals surface area contributed by atoms with Crippen molar-refractivity contribution in [1.29, 1.82) is 0 Å². The number of thioether (sulfide) groups is 1. The molecule has 1 heterocycles. The van der Waals surface area contributed by atoms with Gasteiger partial charge in [0.2, 0.25) is 0 Å². The van der Waals surface area contributed by atoms with Crippen molar-refractivity contribution in [3.8, 4) is 11.5 Å². The molecule has 7 nitrogen and oxygen atoms in total. The SMILES string of the molecule is COc1ccc(/C=N/NC(=O)CSc2nc3ccccc3s2)cc1OC(=O)c1ccccc1. The molecule has 0 radical (unpaired) electrons. The summed E-state index contributed by atoms with van der Waals surface area (Å²) in [5.74, 6) is 0.114. The minimum absolute atomic E-state index is 0.194. The monoisotopic (exact) mass is 477 g/mol. The van der Waals surface area contributed by atoms with Gasteiger partial charge in [-0.2, -0.15) is 5.10 Å². The van der Waals surface area contributed by atoms with Gasteiger partial charge in [-0.3, -0.25) is 4.79 Å². The summed E-state index contributed by atoms with van der Waals surface area (Å²) in [5.41, 5.74) is 4.48. The van der Waals surface area contributed by atoms with E-state index in [1.807, 2.05) is 30.3 Å². The van der Waals surface area contributed by atoms with Crippen LogP contribution in [0.3, 0.4) is 0 Å².